The van der Waals surface area contributed by atoms with Crippen molar-refractivity contribution in [2.45, 2.75) is 38.5 Å². The summed E-state index contributed by atoms with van der Waals surface area (Å²) in [5.74, 6) is 1.48. The number of hydrogen-bond donors (Lipinski definition) is 0. The van der Waals surface area contributed by atoms with Gasteiger partial charge < -0.3 is 14.7 Å². The van der Waals surface area contributed by atoms with Gasteiger partial charge in [0.2, 0.25) is 0 Å². The van der Waals surface area contributed by atoms with Crippen LogP contribution in [0, 0.1) is 0 Å². The average Bonchev–Trinajstić information content (AvgIpc) is 2.93. The van der Waals surface area contributed by atoms with Gasteiger partial charge in [0.05, 0.1) is 10.7 Å². The standard InChI is InChI=1S/C25H29Cl2N3/c26-21-11-12-23-20(18-21)6-3-4-13-30(23)25(19-7-5-8-19)29-16-14-28(15-17-29)24-10-2-1-9-22(24)27/h1-2,9-12,18H,3-8,13-17H2. The van der Waals surface area contributed by atoms with E-state index >= 15 is 0 Å². The molecule has 2 heterocycles. The number of piperazine rings is 1. The molecule has 2 aliphatic heterocycles. The van der Waals surface area contributed by atoms with Crippen LogP contribution in [0.4, 0.5) is 11.4 Å². The molecule has 0 spiro atoms. The van der Waals surface area contributed by atoms with Crippen LogP contribution < -0.4 is 9.80 Å². The van der Waals surface area contributed by atoms with Gasteiger partial charge in [-0.25, -0.2) is 0 Å². The van der Waals surface area contributed by atoms with Crippen LogP contribution in [0.15, 0.2) is 53.9 Å². The number of rotatable bonds is 3. The zero-order valence-corrected chi connectivity index (χ0v) is 18.9. The van der Waals surface area contributed by atoms with Crippen LogP contribution in [0.2, 0.25) is 10.0 Å². The molecule has 0 unspecified atom stereocenters. The largest absolute Gasteiger partial charge is 0.367 e. The number of benzene rings is 2. The van der Waals surface area contributed by atoms with Gasteiger partial charge in [0.15, 0.2) is 0 Å². The molecule has 0 N–H and O–H groups in total. The minimum atomic E-state index is 0.849. The molecular formula is C25H29Cl2N3. The summed E-state index contributed by atoms with van der Waals surface area (Å²) in [6, 6.07) is 14.7. The Hall–Kier alpha value is -1.84. The molecule has 0 amide bonds. The highest BCUT2D eigenvalue weighted by Crippen LogP contribution is 2.38. The summed E-state index contributed by atoms with van der Waals surface area (Å²) >= 11 is 12.8. The zero-order chi connectivity index (χ0) is 20.5. The van der Waals surface area contributed by atoms with Crippen molar-refractivity contribution in [1.82, 2.24) is 4.90 Å². The van der Waals surface area contributed by atoms with Gasteiger partial charge in [0, 0.05) is 43.4 Å². The van der Waals surface area contributed by atoms with Crippen LogP contribution in [0.25, 0.3) is 0 Å². The second kappa shape index (κ2) is 8.72. The maximum atomic E-state index is 6.46. The lowest BCUT2D eigenvalue weighted by atomic mass is 9.91. The van der Waals surface area contributed by atoms with Gasteiger partial charge in [-0.2, -0.15) is 0 Å². The first-order valence-electron chi connectivity index (χ1n) is 11.2. The fourth-order valence-corrected chi connectivity index (χ4v) is 5.42. The number of para-hydroxylation sites is 1. The van der Waals surface area contributed by atoms with Gasteiger partial charge in [-0.1, -0.05) is 35.3 Å². The van der Waals surface area contributed by atoms with Gasteiger partial charge in [-0.15, -0.1) is 0 Å². The van der Waals surface area contributed by atoms with Crippen LogP contribution in [-0.2, 0) is 6.42 Å². The molecule has 5 heteroatoms. The van der Waals surface area contributed by atoms with E-state index < -0.39 is 0 Å². The van der Waals surface area contributed by atoms with E-state index in [1.807, 2.05) is 12.1 Å². The Balaban J connectivity index is 1.42. The van der Waals surface area contributed by atoms with E-state index in [0.717, 1.165) is 54.9 Å². The molecule has 0 aromatic heterocycles. The van der Waals surface area contributed by atoms with Crippen molar-refractivity contribution in [3.8, 4) is 0 Å². The minimum absolute atomic E-state index is 0.849. The number of aryl methyl sites for hydroxylation is 1. The molecule has 3 aliphatic rings. The number of nitrogens with zero attached hydrogens (tertiary/aromatic N) is 3. The summed E-state index contributed by atoms with van der Waals surface area (Å²) in [5.41, 5.74) is 5.54. The Morgan fingerprint density at radius 3 is 2.27 bits per heavy atom. The zero-order valence-electron chi connectivity index (χ0n) is 17.4. The van der Waals surface area contributed by atoms with Crippen molar-refractivity contribution in [3.05, 3.63) is 69.5 Å². The number of hydrogen-bond acceptors (Lipinski definition) is 3. The van der Waals surface area contributed by atoms with E-state index in [0.29, 0.717) is 0 Å². The third kappa shape index (κ3) is 3.90. The van der Waals surface area contributed by atoms with Crippen LogP contribution >= 0.6 is 23.2 Å². The van der Waals surface area contributed by atoms with Crippen molar-refractivity contribution in [2.75, 3.05) is 42.5 Å². The van der Waals surface area contributed by atoms with Crippen molar-refractivity contribution < 1.29 is 0 Å². The molecule has 2 aromatic rings. The lowest BCUT2D eigenvalue weighted by Gasteiger charge is -2.44. The molecular weight excluding hydrogens is 413 g/mol. The van der Waals surface area contributed by atoms with Gasteiger partial charge in [-0.05, 0) is 80.0 Å². The Bertz CT molecular complexity index is 941. The van der Waals surface area contributed by atoms with Crippen molar-refractivity contribution in [3.63, 3.8) is 0 Å². The highest BCUT2D eigenvalue weighted by atomic mass is 35.5. The van der Waals surface area contributed by atoms with E-state index in [2.05, 4.69) is 45.0 Å². The molecule has 1 saturated heterocycles. The van der Waals surface area contributed by atoms with Gasteiger partial charge in [0.1, 0.15) is 5.82 Å². The Labute approximate surface area is 189 Å². The average molecular weight is 442 g/mol. The Kier molecular flexibility index (Phi) is 5.84. The Morgan fingerprint density at radius 1 is 0.733 bits per heavy atom. The van der Waals surface area contributed by atoms with Crippen molar-refractivity contribution in [1.29, 1.82) is 0 Å². The molecule has 5 rings (SSSR count). The number of anilines is 2. The lowest BCUT2D eigenvalue weighted by Crippen LogP contribution is -2.50. The summed E-state index contributed by atoms with van der Waals surface area (Å²) < 4.78 is 0. The number of fused-ring (bicyclic) bond motifs is 1. The molecule has 2 aromatic carbocycles. The topological polar surface area (TPSA) is 9.72 Å². The fraction of sp³-hybridized carbons (Fsp3) is 0.440. The van der Waals surface area contributed by atoms with Crippen LogP contribution in [0.5, 0.6) is 0 Å². The lowest BCUT2D eigenvalue weighted by molar-refractivity contribution is 0.302. The van der Waals surface area contributed by atoms with E-state index in [-0.39, 0.29) is 0 Å². The first kappa shape index (κ1) is 20.1. The second-order valence-corrected chi connectivity index (χ2v) is 9.43. The highest BCUT2D eigenvalue weighted by molar-refractivity contribution is 6.33. The molecule has 158 valence electrons. The van der Waals surface area contributed by atoms with E-state index in [1.54, 1.807) is 5.57 Å². The third-order valence-electron chi connectivity index (χ3n) is 6.71. The molecule has 30 heavy (non-hydrogen) atoms. The van der Waals surface area contributed by atoms with Crippen molar-refractivity contribution in [2.24, 2.45) is 0 Å². The van der Waals surface area contributed by atoms with E-state index in [4.69, 9.17) is 23.2 Å². The molecule has 0 bridgehead atoms. The molecule has 0 atom stereocenters. The SMILES string of the molecule is Clc1ccc2c(c1)CCCCN2C(=C1CCC1)N1CCN(c2ccccc2Cl)CC1. The molecule has 1 saturated carbocycles. The fourth-order valence-electron chi connectivity index (χ4n) is 4.97. The summed E-state index contributed by atoms with van der Waals surface area (Å²) in [6.07, 6.45) is 7.36. The van der Waals surface area contributed by atoms with E-state index in [1.165, 1.54) is 49.2 Å². The molecule has 3 nitrogen and oxygen atoms in total. The predicted molar refractivity (Wildman–Crippen MR) is 128 cm³/mol. The predicted octanol–water partition coefficient (Wildman–Crippen LogP) is 6.35. The summed E-state index contributed by atoms with van der Waals surface area (Å²) in [7, 11) is 0. The normalized spacial score (nSPS) is 19.3. The van der Waals surface area contributed by atoms with Gasteiger partial charge >= 0.3 is 0 Å². The molecule has 2 fully saturated rings. The first-order chi connectivity index (χ1) is 14.7. The Morgan fingerprint density at radius 2 is 1.53 bits per heavy atom. The van der Waals surface area contributed by atoms with E-state index in [9.17, 15) is 0 Å². The highest BCUT2D eigenvalue weighted by Gasteiger charge is 2.30. The smallest absolute Gasteiger partial charge is 0.108 e. The first-order valence-corrected chi connectivity index (χ1v) is 12.0. The molecule has 1 aliphatic carbocycles. The summed E-state index contributed by atoms with van der Waals surface area (Å²) in [6.45, 7) is 5.16. The number of allylic oxidation sites excluding steroid dienone is 1. The van der Waals surface area contributed by atoms with Gasteiger partial charge in [0.25, 0.3) is 0 Å². The monoisotopic (exact) mass is 441 g/mol. The van der Waals surface area contributed by atoms with Crippen LogP contribution in [0.3, 0.4) is 0 Å². The maximum absolute atomic E-state index is 6.46. The van der Waals surface area contributed by atoms with Crippen LogP contribution in [0.1, 0.15) is 37.7 Å². The maximum Gasteiger partial charge on any atom is 0.108 e. The van der Waals surface area contributed by atoms with Crippen molar-refractivity contribution >= 4 is 34.6 Å². The van der Waals surface area contributed by atoms with Gasteiger partial charge in [-0.3, -0.25) is 0 Å². The molecule has 0 radical (unpaired) electrons. The minimum Gasteiger partial charge on any atom is -0.367 e. The third-order valence-corrected chi connectivity index (χ3v) is 7.27. The quantitative estimate of drug-likeness (QED) is 0.548. The second-order valence-electron chi connectivity index (χ2n) is 8.59. The summed E-state index contributed by atoms with van der Waals surface area (Å²) in [5, 5.41) is 1.70. The number of halogens is 2. The van der Waals surface area contributed by atoms with Crippen LogP contribution in [-0.4, -0.2) is 37.6 Å². The summed E-state index contributed by atoms with van der Waals surface area (Å²) in [4.78, 5) is 7.67.